The van der Waals surface area contributed by atoms with Gasteiger partial charge >= 0.3 is 5.97 Å². The number of nitrogens with zero attached hydrogens (tertiary/aromatic N) is 1. The Balaban J connectivity index is 1.74. The molecule has 1 aromatic carbocycles. The maximum atomic E-state index is 12.2. The minimum absolute atomic E-state index is 0.177. The third-order valence-corrected chi connectivity index (χ3v) is 6.32. The van der Waals surface area contributed by atoms with Gasteiger partial charge in [0.15, 0.2) is 0 Å². The maximum Gasteiger partial charge on any atom is 0.335 e. The molecule has 0 radical (unpaired) electrons. The van der Waals surface area contributed by atoms with Crippen LogP contribution in [0, 0.1) is 0 Å². The summed E-state index contributed by atoms with van der Waals surface area (Å²) in [5, 5.41) is 19.2. The normalized spacial score (nSPS) is 18.1. The van der Waals surface area contributed by atoms with E-state index in [2.05, 4.69) is 6.92 Å². The summed E-state index contributed by atoms with van der Waals surface area (Å²) in [7, 11) is 0. The zero-order chi connectivity index (χ0) is 19.6. The number of amides is 1. The van der Waals surface area contributed by atoms with E-state index in [9.17, 15) is 14.7 Å². The van der Waals surface area contributed by atoms with Crippen LogP contribution in [0.15, 0.2) is 24.3 Å². The summed E-state index contributed by atoms with van der Waals surface area (Å²) in [6.45, 7) is 2.79. The van der Waals surface area contributed by atoms with E-state index in [1.54, 1.807) is 23.9 Å². The van der Waals surface area contributed by atoms with Gasteiger partial charge in [-0.05, 0) is 49.8 Å². The van der Waals surface area contributed by atoms with E-state index < -0.39 is 5.97 Å². The highest BCUT2D eigenvalue weighted by Crippen LogP contribution is 2.29. The van der Waals surface area contributed by atoms with Crippen molar-refractivity contribution in [2.75, 3.05) is 12.3 Å². The fourth-order valence-corrected chi connectivity index (χ4v) is 4.60. The molecule has 1 fully saturated rings. The molecule has 1 aromatic rings. The number of carboxylic acid groups (broad SMARTS) is 1. The molecule has 1 saturated heterocycles. The van der Waals surface area contributed by atoms with Crippen LogP contribution < -0.4 is 0 Å². The van der Waals surface area contributed by atoms with Crippen molar-refractivity contribution in [3.05, 3.63) is 35.4 Å². The average Bonchev–Trinajstić information content (AvgIpc) is 3.00. The number of carboxylic acids is 1. The Kier molecular flexibility index (Phi) is 9.15. The predicted octanol–water partition coefficient (Wildman–Crippen LogP) is 3.94. The number of carbonyl (C=O) groups excluding carboxylic acids is 1. The third kappa shape index (κ3) is 7.18. The van der Waals surface area contributed by atoms with Gasteiger partial charge in [-0.3, -0.25) is 4.79 Å². The van der Waals surface area contributed by atoms with Gasteiger partial charge < -0.3 is 15.1 Å². The van der Waals surface area contributed by atoms with Crippen LogP contribution in [-0.2, 0) is 11.2 Å². The van der Waals surface area contributed by atoms with E-state index in [-0.39, 0.29) is 17.4 Å². The number of aliphatic hydroxyl groups excluding tert-OH is 1. The molecule has 1 aliphatic rings. The molecule has 0 bridgehead atoms. The van der Waals surface area contributed by atoms with Crippen LogP contribution in [0.3, 0.4) is 0 Å². The van der Waals surface area contributed by atoms with E-state index in [1.165, 1.54) is 0 Å². The molecule has 0 spiro atoms. The molecule has 1 amide bonds. The van der Waals surface area contributed by atoms with Crippen LogP contribution in [0.4, 0.5) is 0 Å². The third-order valence-electron chi connectivity index (χ3n) is 5.03. The summed E-state index contributed by atoms with van der Waals surface area (Å²) in [4.78, 5) is 25.0. The molecule has 1 unspecified atom stereocenters. The van der Waals surface area contributed by atoms with Gasteiger partial charge in [0.25, 0.3) is 0 Å². The first-order chi connectivity index (χ1) is 13.0. The number of aromatic carboxylic acids is 1. The molecule has 2 rings (SSSR count). The highest BCUT2D eigenvalue weighted by molar-refractivity contribution is 8.00. The summed E-state index contributed by atoms with van der Waals surface area (Å²) < 4.78 is 0. The second-order valence-electron chi connectivity index (χ2n) is 7.19. The zero-order valence-corrected chi connectivity index (χ0v) is 16.9. The smallest absolute Gasteiger partial charge is 0.335 e. The van der Waals surface area contributed by atoms with E-state index >= 15 is 0 Å². The molecule has 1 heterocycles. The van der Waals surface area contributed by atoms with Gasteiger partial charge in [-0.2, -0.15) is 0 Å². The molecule has 1 aliphatic heterocycles. The Morgan fingerprint density at radius 3 is 2.63 bits per heavy atom. The first-order valence-corrected chi connectivity index (χ1v) is 11.0. The lowest BCUT2D eigenvalue weighted by Crippen LogP contribution is -2.35. The highest BCUT2D eigenvalue weighted by Gasteiger charge is 2.31. The Morgan fingerprint density at radius 1 is 1.22 bits per heavy atom. The van der Waals surface area contributed by atoms with Gasteiger partial charge in [-0.25, -0.2) is 4.79 Å². The monoisotopic (exact) mass is 393 g/mol. The topological polar surface area (TPSA) is 77.8 Å². The van der Waals surface area contributed by atoms with Gasteiger partial charge in [0, 0.05) is 6.54 Å². The van der Waals surface area contributed by atoms with Crippen LogP contribution in [-0.4, -0.2) is 50.8 Å². The van der Waals surface area contributed by atoms with Crippen molar-refractivity contribution in [1.29, 1.82) is 0 Å². The summed E-state index contributed by atoms with van der Waals surface area (Å²) in [6.07, 6.45) is 7.24. The van der Waals surface area contributed by atoms with E-state index in [1.807, 2.05) is 17.0 Å². The molecule has 0 saturated carbocycles. The molecule has 27 heavy (non-hydrogen) atoms. The SMILES string of the molecule is CCCCCC(O)CCN1C(=O)CS[C@@H]1CCCc1ccc(C(=O)O)cc1. The van der Waals surface area contributed by atoms with E-state index in [0.29, 0.717) is 24.3 Å². The van der Waals surface area contributed by atoms with Gasteiger partial charge in [0.05, 0.1) is 22.8 Å². The molecule has 5 nitrogen and oxygen atoms in total. The number of hydrogen-bond acceptors (Lipinski definition) is 4. The number of aliphatic hydroxyl groups is 1. The van der Waals surface area contributed by atoms with E-state index in [0.717, 1.165) is 50.5 Å². The van der Waals surface area contributed by atoms with Crippen molar-refractivity contribution in [2.24, 2.45) is 0 Å². The number of benzene rings is 1. The quantitative estimate of drug-likeness (QED) is 0.526. The number of unbranched alkanes of at least 4 members (excludes halogenated alkanes) is 2. The lowest BCUT2D eigenvalue weighted by molar-refractivity contribution is -0.128. The van der Waals surface area contributed by atoms with Gasteiger partial charge in [-0.1, -0.05) is 38.3 Å². The van der Waals surface area contributed by atoms with Crippen molar-refractivity contribution in [1.82, 2.24) is 4.90 Å². The molecular formula is C21H31NO4S. The summed E-state index contributed by atoms with van der Waals surface area (Å²) in [5.41, 5.74) is 1.42. The fourth-order valence-electron chi connectivity index (χ4n) is 3.37. The largest absolute Gasteiger partial charge is 0.478 e. The zero-order valence-electron chi connectivity index (χ0n) is 16.1. The fraction of sp³-hybridized carbons (Fsp3) is 0.619. The van der Waals surface area contributed by atoms with Gasteiger partial charge in [0.2, 0.25) is 5.91 Å². The van der Waals surface area contributed by atoms with Crippen LogP contribution in [0.25, 0.3) is 0 Å². The number of rotatable bonds is 12. The molecule has 2 atom stereocenters. The highest BCUT2D eigenvalue weighted by atomic mass is 32.2. The minimum Gasteiger partial charge on any atom is -0.478 e. The van der Waals surface area contributed by atoms with Gasteiger partial charge in [0.1, 0.15) is 0 Å². The lowest BCUT2D eigenvalue weighted by Gasteiger charge is -2.25. The number of carbonyl (C=O) groups is 2. The lowest BCUT2D eigenvalue weighted by atomic mass is 10.1. The average molecular weight is 394 g/mol. The van der Waals surface area contributed by atoms with Crippen molar-refractivity contribution in [3.63, 3.8) is 0 Å². The minimum atomic E-state index is -0.907. The number of hydrogen-bond donors (Lipinski definition) is 2. The summed E-state index contributed by atoms with van der Waals surface area (Å²) in [6, 6.07) is 7.00. The van der Waals surface area contributed by atoms with Crippen LogP contribution >= 0.6 is 11.8 Å². The number of aryl methyl sites for hydroxylation is 1. The standard InChI is InChI=1S/C21H31NO4S/c1-2-3-4-7-18(23)13-14-22-19(24)15-27-20(22)8-5-6-16-9-11-17(12-10-16)21(25)26/h9-12,18,20,23H,2-8,13-15H2,1H3,(H,25,26)/t18?,20-/m1/s1. The molecule has 2 N–H and O–H groups in total. The Morgan fingerprint density at radius 2 is 1.96 bits per heavy atom. The van der Waals surface area contributed by atoms with E-state index in [4.69, 9.17) is 5.11 Å². The Bertz CT molecular complexity index is 605. The van der Waals surface area contributed by atoms with Gasteiger partial charge in [-0.15, -0.1) is 11.8 Å². The second-order valence-corrected chi connectivity index (χ2v) is 8.35. The number of thioether (sulfide) groups is 1. The maximum absolute atomic E-state index is 12.2. The molecular weight excluding hydrogens is 362 g/mol. The molecule has 150 valence electrons. The summed E-state index contributed by atoms with van der Waals surface area (Å²) >= 11 is 1.69. The molecule has 0 aromatic heterocycles. The summed E-state index contributed by atoms with van der Waals surface area (Å²) in [5.74, 6) is -0.198. The molecule has 6 heteroatoms. The van der Waals surface area contributed by atoms with Crippen molar-refractivity contribution in [3.8, 4) is 0 Å². The van der Waals surface area contributed by atoms with Crippen LogP contribution in [0.1, 0.15) is 67.8 Å². The van der Waals surface area contributed by atoms with Crippen molar-refractivity contribution >= 4 is 23.6 Å². The molecule has 0 aliphatic carbocycles. The van der Waals surface area contributed by atoms with Crippen LogP contribution in [0.2, 0.25) is 0 Å². The van der Waals surface area contributed by atoms with Crippen molar-refractivity contribution in [2.45, 2.75) is 69.8 Å². The Hall–Kier alpha value is -1.53. The second kappa shape index (κ2) is 11.3. The van der Waals surface area contributed by atoms with Crippen molar-refractivity contribution < 1.29 is 19.8 Å². The first kappa shape index (κ1) is 21.8. The Labute approximate surface area is 166 Å². The predicted molar refractivity (Wildman–Crippen MR) is 109 cm³/mol. The first-order valence-electron chi connectivity index (χ1n) is 9.92. The van der Waals surface area contributed by atoms with Crippen LogP contribution in [0.5, 0.6) is 0 Å².